The molecule has 1 aliphatic carbocycles. The third-order valence-corrected chi connectivity index (χ3v) is 3.70. The van der Waals surface area contributed by atoms with Crippen LogP contribution in [0.5, 0.6) is 0 Å². The van der Waals surface area contributed by atoms with Gasteiger partial charge in [0.15, 0.2) is 0 Å². The molecule has 0 unspecified atom stereocenters. The first-order valence-electron chi connectivity index (χ1n) is 6.35. The van der Waals surface area contributed by atoms with Gasteiger partial charge in [0.05, 0.1) is 0 Å². The van der Waals surface area contributed by atoms with Crippen molar-refractivity contribution in [1.82, 2.24) is 14.8 Å². The minimum absolute atomic E-state index is 0.146. The van der Waals surface area contributed by atoms with Gasteiger partial charge in [-0.25, -0.2) is 0 Å². The van der Waals surface area contributed by atoms with E-state index in [9.17, 15) is 0 Å². The van der Waals surface area contributed by atoms with E-state index in [0.717, 1.165) is 11.5 Å². The number of nitrogens with two attached hydrogens (primary N) is 1. The summed E-state index contributed by atoms with van der Waals surface area (Å²) in [6.07, 6.45) is 4.33. The zero-order valence-electron chi connectivity index (χ0n) is 10.8. The lowest BCUT2D eigenvalue weighted by molar-refractivity contribution is 0.534. The number of rotatable bonds is 3. The van der Waals surface area contributed by atoms with Gasteiger partial charge in [0, 0.05) is 17.1 Å². The molecule has 0 spiro atoms. The van der Waals surface area contributed by atoms with E-state index in [4.69, 9.17) is 5.73 Å². The molecule has 0 amide bonds. The van der Waals surface area contributed by atoms with E-state index in [1.54, 1.807) is 0 Å². The van der Waals surface area contributed by atoms with Crippen LogP contribution in [0.25, 0.3) is 0 Å². The maximum Gasteiger partial charge on any atom is 0.143 e. The summed E-state index contributed by atoms with van der Waals surface area (Å²) in [6, 6.07) is 8.62. The Labute approximate surface area is 107 Å². The summed E-state index contributed by atoms with van der Waals surface area (Å²) >= 11 is 0. The first-order valence-corrected chi connectivity index (χ1v) is 6.35. The highest BCUT2D eigenvalue weighted by molar-refractivity contribution is 5.43. The number of hydrogen-bond acceptors (Lipinski definition) is 3. The molecule has 0 atom stereocenters. The summed E-state index contributed by atoms with van der Waals surface area (Å²) < 4.78 is 2.22. The monoisotopic (exact) mass is 242 g/mol. The standard InChI is InChI=1S/C14H18N4/c1-14(2,10-3-5-11(15)6-4-10)13-17-16-9-18(13)12-7-8-12/h3-6,9,12H,7-8,15H2,1-2H3. The quantitative estimate of drug-likeness (QED) is 0.841. The summed E-state index contributed by atoms with van der Waals surface area (Å²) in [6.45, 7) is 4.36. The van der Waals surface area contributed by atoms with Crippen LogP contribution in [-0.4, -0.2) is 14.8 Å². The lowest BCUT2D eigenvalue weighted by Gasteiger charge is -2.25. The molecule has 3 rings (SSSR count). The van der Waals surface area contributed by atoms with Crippen molar-refractivity contribution in [3.63, 3.8) is 0 Å². The summed E-state index contributed by atoms with van der Waals surface area (Å²) in [5.74, 6) is 1.04. The number of aromatic nitrogens is 3. The van der Waals surface area contributed by atoms with Crippen LogP contribution in [0.1, 0.15) is 44.1 Å². The van der Waals surface area contributed by atoms with Crippen molar-refractivity contribution in [3.05, 3.63) is 42.0 Å². The van der Waals surface area contributed by atoms with Crippen LogP contribution in [0, 0.1) is 0 Å². The number of nitrogens with zero attached hydrogens (tertiary/aromatic N) is 3. The third kappa shape index (κ3) is 1.78. The Balaban J connectivity index is 2.02. The summed E-state index contributed by atoms with van der Waals surface area (Å²) in [5.41, 5.74) is 7.60. The Morgan fingerprint density at radius 2 is 1.89 bits per heavy atom. The molecule has 0 radical (unpaired) electrons. The average Bonchev–Trinajstić information content (AvgIpc) is 3.07. The van der Waals surface area contributed by atoms with Gasteiger partial charge in [0.2, 0.25) is 0 Å². The summed E-state index contributed by atoms with van der Waals surface area (Å²) in [5, 5.41) is 8.41. The largest absolute Gasteiger partial charge is 0.399 e. The normalized spacial score (nSPS) is 15.9. The Morgan fingerprint density at radius 1 is 1.22 bits per heavy atom. The molecular formula is C14H18N4. The second-order valence-corrected chi connectivity index (χ2v) is 5.54. The molecule has 0 aliphatic heterocycles. The van der Waals surface area contributed by atoms with Crippen molar-refractivity contribution in [2.45, 2.75) is 38.1 Å². The lowest BCUT2D eigenvalue weighted by Crippen LogP contribution is -2.24. The van der Waals surface area contributed by atoms with Crippen LogP contribution < -0.4 is 5.73 Å². The van der Waals surface area contributed by atoms with Gasteiger partial charge in [-0.05, 0) is 44.4 Å². The Morgan fingerprint density at radius 3 is 2.50 bits per heavy atom. The first-order chi connectivity index (χ1) is 8.59. The average molecular weight is 242 g/mol. The van der Waals surface area contributed by atoms with Crippen LogP contribution >= 0.6 is 0 Å². The van der Waals surface area contributed by atoms with Gasteiger partial charge in [0.25, 0.3) is 0 Å². The van der Waals surface area contributed by atoms with Gasteiger partial charge in [0.1, 0.15) is 12.2 Å². The highest BCUT2D eigenvalue weighted by Crippen LogP contribution is 2.39. The third-order valence-electron chi connectivity index (χ3n) is 3.70. The van der Waals surface area contributed by atoms with Gasteiger partial charge in [-0.15, -0.1) is 10.2 Å². The Bertz CT molecular complexity index is 549. The van der Waals surface area contributed by atoms with E-state index in [1.807, 2.05) is 18.5 Å². The molecule has 1 heterocycles. The van der Waals surface area contributed by atoms with Gasteiger partial charge in [-0.1, -0.05) is 12.1 Å². The lowest BCUT2D eigenvalue weighted by atomic mass is 9.83. The van der Waals surface area contributed by atoms with Gasteiger partial charge >= 0.3 is 0 Å². The van der Waals surface area contributed by atoms with Gasteiger partial charge < -0.3 is 10.3 Å². The minimum atomic E-state index is -0.146. The fourth-order valence-corrected chi connectivity index (χ4v) is 2.34. The Kier molecular flexibility index (Phi) is 2.40. The molecule has 1 aromatic carbocycles. The van der Waals surface area contributed by atoms with Crippen molar-refractivity contribution in [1.29, 1.82) is 0 Å². The van der Waals surface area contributed by atoms with E-state index in [2.05, 4.69) is 40.7 Å². The van der Waals surface area contributed by atoms with Crippen molar-refractivity contribution in [3.8, 4) is 0 Å². The predicted molar refractivity (Wildman–Crippen MR) is 71.3 cm³/mol. The molecule has 0 bridgehead atoms. The molecule has 18 heavy (non-hydrogen) atoms. The second kappa shape index (κ2) is 3.83. The molecule has 2 aromatic rings. The molecule has 1 aromatic heterocycles. The minimum Gasteiger partial charge on any atom is -0.399 e. The molecule has 1 aliphatic rings. The molecule has 2 N–H and O–H groups in total. The smallest absolute Gasteiger partial charge is 0.143 e. The fourth-order valence-electron chi connectivity index (χ4n) is 2.34. The SMILES string of the molecule is CC(C)(c1ccc(N)cc1)c1nncn1C1CC1. The molecule has 1 fully saturated rings. The highest BCUT2D eigenvalue weighted by atomic mass is 15.3. The van der Waals surface area contributed by atoms with Crippen LogP contribution in [-0.2, 0) is 5.41 Å². The fraction of sp³-hybridized carbons (Fsp3) is 0.429. The first kappa shape index (κ1) is 11.3. The molecule has 0 saturated heterocycles. The maximum absolute atomic E-state index is 5.74. The van der Waals surface area contributed by atoms with Crippen LogP contribution in [0.2, 0.25) is 0 Å². The van der Waals surface area contributed by atoms with E-state index in [-0.39, 0.29) is 5.41 Å². The summed E-state index contributed by atoms with van der Waals surface area (Å²) in [7, 11) is 0. The number of anilines is 1. The molecular weight excluding hydrogens is 224 g/mol. The van der Waals surface area contributed by atoms with E-state index in [0.29, 0.717) is 6.04 Å². The van der Waals surface area contributed by atoms with E-state index >= 15 is 0 Å². The molecule has 94 valence electrons. The number of hydrogen-bond donors (Lipinski definition) is 1. The summed E-state index contributed by atoms with van der Waals surface area (Å²) in [4.78, 5) is 0. The zero-order valence-corrected chi connectivity index (χ0v) is 10.8. The molecule has 4 nitrogen and oxygen atoms in total. The maximum atomic E-state index is 5.74. The Hall–Kier alpha value is -1.84. The van der Waals surface area contributed by atoms with Gasteiger partial charge in [-0.2, -0.15) is 0 Å². The van der Waals surface area contributed by atoms with E-state index in [1.165, 1.54) is 18.4 Å². The molecule has 4 heteroatoms. The van der Waals surface area contributed by atoms with Crippen LogP contribution in [0.4, 0.5) is 5.69 Å². The second-order valence-electron chi connectivity index (χ2n) is 5.54. The van der Waals surface area contributed by atoms with Crippen molar-refractivity contribution in [2.75, 3.05) is 5.73 Å². The van der Waals surface area contributed by atoms with Crippen molar-refractivity contribution in [2.24, 2.45) is 0 Å². The number of benzene rings is 1. The predicted octanol–water partition coefficient (Wildman–Crippen LogP) is 2.52. The zero-order chi connectivity index (χ0) is 12.8. The highest BCUT2D eigenvalue weighted by Gasteiger charge is 2.34. The topological polar surface area (TPSA) is 56.7 Å². The van der Waals surface area contributed by atoms with E-state index < -0.39 is 0 Å². The van der Waals surface area contributed by atoms with Crippen molar-refractivity contribution >= 4 is 5.69 Å². The van der Waals surface area contributed by atoms with Crippen LogP contribution in [0.3, 0.4) is 0 Å². The van der Waals surface area contributed by atoms with Gasteiger partial charge in [-0.3, -0.25) is 0 Å². The van der Waals surface area contributed by atoms with Crippen molar-refractivity contribution < 1.29 is 0 Å². The van der Waals surface area contributed by atoms with Crippen LogP contribution in [0.15, 0.2) is 30.6 Å². The molecule has 1 saturated carbocycles. The number of nitrogen functional groups attached to an aromatic ring is 1.